The Morgan fingerprint density at radius 2 is 1.70 bits per heavy atom. The van der Waals surface area contributed by atoms with Crippen molar-refractivity contribution in [3.63, 3.8) is 0 Å². The number of pyridine rings is 3. The maximum Gasteiger partial charge on any atom is 0.227 e. The van der Waals surface area contributed by atoms with Crippen molar-refractivity contribution in [2.45, 2.75) is 0 Å². The fraction of sp³-hybridized carbons (Fsp3) is 0. The van der Waals surface area contributed by atoms with Gasteiger partial charge in [-0.1, -0.05) is 24.3 Å². The Hall–Kier alpha value is -3.27. The van der Waals surface area contributed by atoms with Gasteiger partial charge in [-0.25, -0.2) is 4.98 Å². The number of benzene rings is 1. The van der Waals surface area contributed by atoms with Crippen molar-refractivity contribution in [3.8, 4) is 11.4 Å². The van der Waals surface area contributed by atoms with Crippen LogP contribution in [0.4, 0.5) is 0 Å². The Bertz CT molecular complexity index is 1180. The second kappa shape index (κ2) is 4.61. The highest BCUT2D eigenvalue weighted by Crippen LogP contribution is 2.29. The predicted molar refractivity (Wildman–Crippen MR) is 90.0 cm³/mol. The van der Waals surface area contributed by atoms with Gasteiger partial charge in [0, 0.05) is 34.7 Å². The van der Waals surface area contributed by atoms with Crippen LogP contribution in [0.15, 0.2) is 71.5 Å². The summed E-state index contributed by atoms with van der Waals surface area (Å²) in [5.41, 5.74) is 3.05. The molecule has 0 aliphatic carbocycles. The summed E-state index contributed by atoms with van der Waals surface area (Å²) in [6, 6.07) is 16.1. The molecule has 5 rings (SSSR count). The second-order valence-electron chi connectivity index (χ2n) is 5.44. The van der Waals surface area contributed by atoms with E-state index in [9.17, 15) is 0 Å². The average Bonchev–Trinajstić information content (AvgIpc) is 2.99. The van der Waals surface area contributed by atoms with Gasteiger partial charge in [0.05, 0.1) is 11.4 Å². The van der Waals surface area contributed by atoms with E-state index < -0.39 is 0 Å². The van der Waals surface area contributed by atoms with E-state index in [-0.39, 0.29) is 0 Å². The summed E-state index contributed by atoms with van der Waals surface area (Å²) in [6.07, 6.45) is 5.40. The van der Waals surface area contributed by atoms with Crippen LogP contribution in [0.1, 0.15) is 0 Å². The minimum absolute atomic E-state index is 0.612. The highest BCUT2D eigenvalue weighted by atomic mass is 16.3. The van der Waals surface area contributed by atoms with Crippen LogP contribution in [-0.2, 0) is 0 Å². The molecular formula is C19H11N3O. The zero-order valence-corrected chi connectivity index (χ0v) is 12.1. The Labute approximate surface area is 131 Å². The van der Waals surface area contributed by atoms with E-state index in [0.717, 1.165) is 38.5 Å². The molecule has 0 spiro atoms. The van der Waals surface area contributed by atoms with Crippen molar-refractivity contribution in [2.75, 3.05) is 0 Å². The molecule has 0 radical (unpaired) electrons. The number of rotatable bonds is 1. The lowest BCUT2D eigenvalue weighted by Gasteiger charge is -2.02. The van der Waals surface area contributed by atoms with E-state index in [1.165, 1.54) is 0 Å². The van der Waals surface area contributed by atoms with Gasteiger partial charge < -0.3 is 4.42 Å². The summed E-state index contributed by atoms with van der Waals surface area (Å²) in [6.45, 7) is 0. The zero-order chi connectivity index (χ0) is 15.2. The molecule has 0 atom stereocenters. The molecule has 4 heterocycles. The third-order valence-corrected chi connectivity index (χ3v) is 4.03. The number of furan rings is 1. The molecule has 0 saturated carbocycles. The van der Waals surface area contributed by atoms with Crippen molar-refractivity contribution in [1.82, 2.24) is 15.0 Å². The molecule has 4 nitrogen and oxygen atoms in total. The van der Waals surface area contributed by atoms with Crippen LogP contribution < -0.4 is 0 Å². The van der Waals surface area contributed by atoms with Gasteiger partial charge in [0.15, 0.2) is 0 Å². The number of fused-ring (bicyclic) bond motifs is 4. The van der Waals surface area contributed by atoms with Crippen LogP contribution in [-0.4, -0.2) is 15.0 Å². The van der Waals surface area contributed by atoms with E-state index in [1.807, 2.05) is 42.6 Å². The molecule has 0 amide bonds. The van der Waals surface area contributed by atoms with Crippen LogP contribution in [0.3, 0.4) is 0 Å². The van der Waals surface area contributed by atoms with Crippen LogP contribution in [0.5, 0.6) is 0 Å². The molecule has 0 aliphatic heterocycles. The number of nitrogens with zero attached hydrogens (tertiary/aromatic N) is 3. The fourth-order valence-corrected chi connectivity index (χ4v) is 2.87. The SMILES string of the molecule is c1ccc2cc(-c3ccc4c(n3)oc3ccncc34)ncc2c1. The molecule has 5 aromatic rings. The number of hydrogen-bond donors (Lipinski definition) is 0. The fourth-order valence-electron chi connectivity index (χ4n) is 2.87. The van der Waals surface area contributed by atoms with Crippen molar-refractivity contribution >= 4 is 32.8 Å². The van der Waals surface area contributed by atoms with Crippen molar-refractivity contribution in [1.29, 1.82) is 0 Å². The van der Waals surface area contributed by atoms with Crippen LogP contribution in [0.2, 0.25) is 0 Å². The average molecular weight is 297 g/mol. The quantitative estimate of drug-likeness (QED) is 0.454. The van der Waals surface area contributed by atoms with Gasteiger partial charge in [0.1, 0.15) is 5.58 Å². The van der Waals surface area contributed by atoms with Gasteiger partial charge in [-0.3, -0.25) is 9.97 Å². The van der Waals surface area contributed by atoms with Crippen LogP contribution >= 0.6 is 0 Å². The summed E-state index contributed by atoms with van der Waals surface area (Å²) < 4.78 is 5.82. The second-order valence-corrected chi connectivity index (χ2v) is 5.44. The lowest BCUT2D eigenvalue weighted by Crippen LogP contribution is -1.87. The lowest BCUT2D eigenvalue weighted by atomic mass is 10.1. The standard InChI is InChI=1S/C19H11N3O/c1-2-4-13-10-21-17(9-12(13)3-1)16-6-5-14-15-11-20-8-7-18(15)23-19(14)22-16/h1-11H. The monoisotopic (exact) mass is 297 g/mol. The summed E-state index contributed by atoms with van der Waals surface area (Å²) in [7, 11) is 0. The number of aromatic nitrogens is 3. The first-order valence-electron chi connectivity index (χ1n) is 7.37. The van der Waals surface area contributed by atoms with Gasteiger partial charge in [0.25, 0.3) is 0 Å². The molecule has 0 bridgehead atoms. The van der Waals surface area contributed by atoms with Gasteiger partial charge >= 0.3 is 0 Å². The molecule has 4 aromatic heterocycles. The van der Waals surface area contributed by atoms with E-state index in [2.05, 4.69) is 27.1 Å². The summed E-state index contributed by atoms with van der Waals surface area (Å²) in [5.74, 6) is 0. The maximum atomic E-state index is 5.82. The largest absolute Gasteiger partial charge is 0.438 e. The summed E-state index contributed by atoms with van der Waals surface area (Å²) in [4.78, 5) is 13.3. The first-order chi connectivity index (χ1) is 11.4. The molecule has 0 saturated heterocycles. The number of hydrogen-bond acceptors (Lipinski definition) is 4. The van der Waals surface area contributed by atoms with E-state index >= 15 is 0 Å². The Kier molecular flexibility index (Phi) is 2.46. The Morgan fingerprint density at radius 3 is 2.65 bits per heavy atom. The molecule has 0 aliphatic rings. The van der Waals surface area contributed by atoms with Gasteiger partial charge in [-0.15, -0.1) is 0 Å². The third kappa shape index (κ3) is 1.89. The topological polar surface area (TPSA) is 51.8 Å². The molecule has 23 heavy (non-hydrogen) atoms. The van der Waals surface area contributed by atoms with Crippen molar-refractivity contribution in [3.05, 3.63) is 67.1 Å². The normalized spacial score (nSPS) is 11.5. The van der Waals surface area contributed by atoms with Gasteiger partial charge in [-0.2, -0.15) is 0 Å². The highest BCUT2D eigenvalue weighted by molar-refractivity contribution is 6.03. The summed E-state index contributed by atoms with van der Waals surface area (Å²) >= 11 is 0. The maximum absolute atomic E-state index is 5.82. The molecular weight excluding hydrogens is 286 g/mol. The Balaban J connectivity index is 1.73. The predicted octanol–water partition coefficient (Wildman–Crippen LogP) is 4.59. The first kappa shape index (κ1) is 12.3. The van der Waals surface area contributed by atoms with E-state index in [0.29, 0.717) is 5.71 Å². The van der Waals surface area contributed by atoms with Crippen molar-refractivity contribution < 1.29 is 4.42 Å². The molecule has 0 fully saturated rings. The van der Waals surface area contributed by atoms with Crippen LogP contribution in [0.25, 0.3) is 44.2 Å². The van der Waals surface area contributed by atoms with E-state index in [4.69, 9.17) is 4.42 Å². The molecule has 0 unspecified atom stereocenters. The molecule has 108 valence electrons. The van der Waals surface area contributed by atoms with Gasteiger partial charge in [-0.05, 0) is 29.7 Å². The smallest absolute Gasteiger partial charge is 0.227 e. The minimum Gasteiger partial charge on any atom is -0.438 e. The van der Waals surface area contributed by atoms with Crippen LogP contribution in [0, 0.1) is 0 Å². The van der Waals surface area contributed by atoms with Crippen molar-refractivity contribution in [2.24, 2.45) is 0 Å². The first-order valence-corrected chi connectivity index (χ1v) is 7.37. The molecule has 0 N–H and O–H groups in total. The zero-order valence-electron chi connectivity index (χ0n) is 12.1. The minimum atomic E-state index is 0.612. The molecule has 4 heteroatoms. The summed E-state index contributed by atoms with van der Waals surface area (Å²) in [5, 5.41) is 4.21. The molecule has 1 aromatic carbocycles. The highest BCUT2D eigenvalue weighted by Gasteiger charge is 2.10. The van der Waals surface area contributed by atoms with Gasteiger partial charge in [0.2, 0.25) is 5.71 Å². The van der Waals surface area contributed by atoms with E-state index in [1.54, 1.807) is 12.4 Å². The lowest BCUT2D eigenvalue weighted by molar-refractivity contribution is 0.654. The Morgan fingerprint density at radius 1 is 0.783 bits per heavy atom. The third-order valence-electron chi connectivity index (χ3n) is 4.03.